The number of carbonyl (C=O) groups is 1. The topological polar surface area (TPSA) is 26.3 Å². The summed E-state index contributed by atoms with van der Waals surface area (Å²) in [6, 6.07) is 25.6. The van der Waals surface area contributed by atoms with E-state index in [9.17, 15) is 4.79 Å². The Bertz CT molecular complexity index is 1340. The summed E-state index contributed by atoms with van der Waals surface area (Å²) in [6.07, 6.45) is 0. The zero-order chi connectivity index (χ0) is 20.9. The minimum atomic E-state index is -0.290. The number of rotatable bonds is 2. The van der Waals surface area contributed by atoms with E-state index in [2.05, 4.69) is 60.7 Å². The van der Waals surface area contributed by atoms with E-state index in [1.165, 1.54) is 50.1 Å². The summed E-state index contributed by atoms with van der Waals surface area (Å²) >= 11 is 3.91. The van der Waals surface area contributed by atoms with Crippen LogP contribution in [0.1, 0.15) is 33.0 Å². The molecule has 152 valence electrons. The lowest BCUT2D eigenvalue weighted by Gasteiger charge is -2.24. The van der Waals surface area contributed by atoms with E-state index in [0.717, 1.165) is 16.9 Å². The number of methoxy groups -OCH3 is 1. The molecule has 1 aliphatic heterocycles. The van der Waals surface area contributed by atoms with Crippen molar-refractivity contribution in [1.82, 2.24) is 0 Å². The van der Waals surface area contributed by atoms with E-state index >= 15 is 0 Å². The van der Waals surface area contributed by atoms with Crippen LogP contribution in [-0.2, 0) is 4.74 Å². The predicted molar refractivity (Wildman–Crippen MR) is 130 cm³/mol. The molecule has 4 heteroatoms. The highest BCUT2D eigenvalue weighted by molar-refractivity contribution is 8.05. The number of hydrogen-bond donors (Lipinski definition) is 0. The minimum absolute atomic E-state index is 0.153. The average molecular weight is 441 g/mol. The molecule has 0 radical (unpaired) electrons. The Labute approximate surface area is 190 Å². The Hall–Kier alpha value is -2.69. The van der Waals surface area contributed by atoms with Gasteiger partial charge in [0.1, 0.15) is 0 Å². The van der Waals surface area contributed by atoms with E-state index in [0.29, 0.717) is 5.56 Å². The van der Waals surface area contributed by atoms with E-state index in [4.69, 9.17) is 4.74 Å². The maximum Gasteiger partial charge on any atom is 0.337 e. The van der Waals surface area contributed by atoms with Gasteiger partial charge in [-0.1, -0.05) is 60.7 Å². The molecule has 1 heterocycles. The molecule has 0 aromatic heterocycles. The van der Waals surface area contributed by atoms with E-state index < -0.39 is 0 Å². The van der Waals surface area contributed by atoms with Crippen LogP contribution in [0, 0.1) is 0 Å². The molecule has 1 unspecified atom stereocenters. The first-order valence-corrected chi connectivity index (χ1v) is 12.4. The van der Waals surface area contributed by atoms with Gasteiger partial charge in [0, 0.05) is 32.8 Å². The van der Waals surface area contributed by atoms with Gasteiger partial charge < -0.3 is 4.74 Å². The van der Waals surface area contributed by atoms with E-state index in [1.807, 2.05) is 35.7 Å². The summed E-state index contributed by atoms with van der Waals surface area (Å²) in [5.41, 5.74) is 7.23. The first kappa shape index (κ1) is 19.0. The van der Waals surface area contributed by atoms with Gasteiger partial charge in [0.25, 0.3) is 0 Å². The Balaban J connectivity index is 1.76. The highest BCUT2D eigenvalue weighted by Crippen LogP contribution is 2.58. The van der Waals surface area contributed by atoms with Crippen LogP contribution >= 0.6 is 23.5 Å². The van der Waals surface area contributed by atoms with Crippen molar-refractivity contribution < 1.29 is 9.53 Å². The number of carbonyl (C=O) groups excluding carboxylic acids is 1. The molecule has 0 bridgehead atoms. The normalized spacial score (nSPS) is 16.5. The summed E-state index contributed by atoms with van der Waals surface area (Å²) in [6.45, 7) is 0. The third-order valence-corrected chi connectivity index (χ3v) is 8.83. The molecular formula is C27H20O2S2. The molecule has 2 nitrogen and oxygen atoms in total. The van der Waals surface area contributed by atoms with Crippen molar-refractivity contribution in [3.63, 3.8) is 0 Å². The fourth-order valence-corrected chi connectivity index (χ4v) is 7.56. The van der Waals surface area contributed by atoms with Gasteiger partial charge in [-0.15, -0.1) is 23.5 Å². The van der Waals surface area contributed by atoms with Crippen LogP contribution in [0.2, 0.25) is 0 Å². The Morgan fingerprint density at radius 3 is 2.42 bits per heavy atom. The van der Waals surface area contributed by atoms with Gasteiger partial charge in [-0.05, 0) is 45.2 Å². The first-order valence-electron chi connectivity index (χ1n) is 10.4. The van der Waals surface area contributed by atoms with Gasteiger partial charge in [0.2, 0.25) is 0 Å². The highest BCUT2D eigenvalue weighted by Gasteiger charge is 2.36. The van der Waals surface area contributed by atoms with Gasteiger partial charge >= 0.3 is 5.97 Å². The molecule has 4 aromatic rings. The van der Waals surface area contributed by atoms with Gasteiger partial charge in [-0.2, -0.15) is 0 Å². The Kier molecular flexibility index (Phi) is 4.58. The first-order chi connectivity index (χ1) is 15.3. The van der Waals surface area contributed by atoms with Crippen LogP contribution in [0.3, 0.4) is 0 Å². The maximum absolute atomic E-state index is 12.4. The molecule has 2 aliphatic rings. The lowest BCUT2D eigenvalue weighted by molar-refractivity contribution is 0.0601. The van der Waals surface area contributed by atoms with Crippen LogP contribution in [0.15, 0.2) is 82.6 Å². The predicted octanol–water partition coefficient (Wildman–Crippen LogP) is 6.98. The fraction of sp³-hybridized carbons (Fsp3) is 0.148. The SMILES string of the molecule is COC(=O)c1ccc2c3c(c4c(c2c1)C(c1ccccc1)c1ccccc1-4)SCCS3. The molecule has 0 saturated carbocycles. The lowest BCUT2D eigenvalue weighted by atomic mass is 9.86. The highest BCUT2D eigenvalue weighted by atomic mass is 32.2. The summed E-state index contributed by atoms with van der Waals surface area (Å²) in [5.74, 6) is 2.09. The van der Waals surface area contributed by atoms with Gasteiger partial charge in [-0.3, -0.25) is 0 Å². The van der Waals surface area contributed by atoms with Crippen molar-refractivity contribution in [3.05, 3.63) is 95.1 Å². The molecule has 6 rings (SSSR count). The van der Waals surface area contributed by atoms with Crippen LogP contribution in [0.5, 0.6) is 0 Å². The second-order valence-corrected chi connectivity index (χ2v) is 10.0. The van der Waals surface area contributed by atoms with E-state index in [-0.39, 0.29) is 11.9 Å². The molecule has 31 heavy (non-hydrogen) atoms. The van der Waals surface area contributed by atoms with Crippen LogP contribution in [0.4, 0.5) is 0 Å². The summed E-state index contributed by atoms with van der Waals surface area (Å²) in [4.78, 5) is 15.1. The zero-order valence-electron chi connectivity index (χ0n) is 17.1. The van der Waals surface area contributed by atoms with Gasteiger partial charge in [0.15, 0.2) is 0 Å². The average Bonchev–Trinajstić information content (AvgIpc) is 3.19. The Morgan fingerprint density at radius 2 is 1.61 bits per heavy atom. The monoisotopic (exact) mass is 440 g/mol. The Morgan fingerprint density at radius 1 is 0.871 bits per heavy atom. The molecule has 0 N–H and O–H groups in total. The smallest absolute Gasteiger partial charge is 0.337 e. The van der Waals surface area contributed by atoms with Crippen molar-refractivity contribution in [2.45, 2.75) is 15.7 Å². The summed E-state index contributed by atoms with van der Waals surface area (Å²) < 4.78 is 5.04. The molecule has 0 saturated heterocycles. The largest absolute Gasteiger partial charge is 0.465 e. The van der Waals surface area contributed by atoms with Crippen molar-refractivity contribution in [3.8, 4) is 11.1 Å². The molecule has 0 fully saturated rings. The van der Waals surface area contributed by atoms with Crippen LogP contribution < -0.4 is 0 Å². The lowest BCUT2D eigenvalue weighted by Crippen LogP contribution is -2.05. The van der Waals surface area contributed by atoms with Crippen LogP contribution in [-0.4, -0.2) is 24.6 Å². The number of fused-ring (bicyclic) bond motifs is 8. The van der Waals surface area contributed by atoms with E-state index in [1.54, 1.807) is 0 Å². The number of hydrogen-bond acceptors (Lipinski definition) is 4. The van der Waals surface area contributed by atoms with Crippen molar-refractivity contribution in [1.29, 1.82) is 0 Å². The van der Waals surface area contributed by atoms with Crippen molar-refractivity contribution in [2.24, 2.45) is 0 Å². The number of benzene rings is 4. The number of ether oxygens (including phenoxy) is 1. The molecule has 1 atom stereocenters. The third-order valence-electron chi connectivity index (χ3n) is 6.22. The minimum Gasteiger partial charge on any atom is -0.465 e. The molecule has 4 aromatic carbocycles. The van der Waals surface area contributed by atoms with Gasteiger partial charge in [0.05, 0.1) is 12.7 Å². The summed E-state index contributed by atoms with van der Waals surface area (Å²) in [5, 5.41) is 2.41. The van der Waals surface area contributed by atoms with Crippen molar-refractivity contribution in [2.75, 3.05) is 18.6 Å². The number of esters is 1. The second kappa shape index (κ2) is 7.47. The summed E-state index contributed by atoms with van der Waals surface area (Å²) in [7, 11) is 1.44. The zero-order valence-corrected chi connectivity index (χ0v) is 18.7. The maximum atomic E-state index is 12.4. The third kappa shape index (κ3) is 2.85. The van der Waals surface area contributed by atoms with Gasteiger partial charge in [-0.25, -0.2) is 4.79 Å². The fourth-order valence-electron chi connectivity index (χ4n) is 4.96. The standard InChI is InChI=1S/C27H20O2S2/c1-29-27(28)17-11-12-20-21(15-17)23-22(16-7-3-2-4-8-16)18-9-5-6-10-19(18)24(23)26-25(20)30-13-14-31-26/h2-12,15,22H,13-14H2,1H3. The molecule has 0 spiro atoms. The molecule has 1 aliphatic carbocycles. The quantitative estimate of drug-likeness (QED) is 0.277. The second-order valence-electron chi connectivity index (χ2n) is 7.83. The molecule has 0 amide bonds. The van der Waals surface area contributed by atoms with Crippen molar-refractivity contribution >= 4 is 40.3 Å². The molecular weight excluding hydrogens is 420 g/mol. The number of thioether (sulfide) groups is 2. The van der Waals surface area contributed by atoms with Crippen LogP contribution in [0.25, 0.3) is 21.9 Å².